The van der Waals surface area contributed by atoms with Crippen molar-refractivity contribution in [2.45, 2.75) is 52.1 Å². The number of aromatic nitrogens is 2. The largest absolute Gasteiger partial charge is 0.341 e. The number of hydrogen-bond acceptors (Lipinski definition) is 3. The number of nitrogens with one attached hydrogen (secondary N) is 1. The van der Waals surface area contributed by atoms with E-state index in [1.54, 1.807) is 0 Å². The van der Waals surface area contributed by atoms with E-state index >= 15 is 0 Å². The normalized spacial score (nSPS) is 17.2. The van der Waals surface area contributed by atoms with Crippen molar-refractivity contribution in [1.82, 2.24) is 20.0 Å². The Hall–Kier alpha value is -1.36. The van der Waals surface area contributed by atoms with Crippen molar-refractivity contribution in [3.63, 3.8) is 0 Å². The molecule has 1 aromatic rings. The molecule has 0 radical (unpaired) electrons. The summed E-state index contributed by atoms with van der Waals surface area (Å²) in [4.78, 5) is 13.6. The molecule has 1 aromatic heterocycles. The summed E-state index contributed by atoms with van der Waals surface area (Å²) in [6, 6.07) is 0.303. The molecule has 2 rings (SSSR count). The molecule has 1 aliphatic rings. The molecule has 1 amide bonds. The van der Waals surface area contributed by atoms with Gasteiger partial charge in [-0.2, -0.15) is 5.10 Å². The van der Waals surface area contributed by atoms with E-state index in [9.17, 15) is 4.79 Å². The number of hydrogen-bond donors (Lipinski definition) is 1. The Bertz CT molecular complexity index is 466. The minimum Gasteiger partial charge on any atom is -0.341 e. The van der Waals surface area contributed by atoms with Crippen LogP contribution >= 0.6 is 0 Å². The molecule has 1 saturated heterocycles. The highest BCUT2D eigenvalue weighted by Crippen LogP contribution is 2.17. The molecular weight excluding hydrogens is 252 g/mol. The first-order valence-electron chi connectivity index (χ1n) is 7.51. The Morgan fingerprint density at radius 2 is 2.15 bits per heavy atom. The third-order valence-corrected chi connectivity index (χ3v) is 3.79. The van der Waals surface area contributed by atoms with Gasteiger partial charge in [0.1, 0.15) is 0 Å². The van der Waals surface area contributed by atoms with Crippen LogP contribution in [0.3, 0.4) is 0 Å². The second-order valence-electron chi connectivity index (χ2n) is 6.09. The summed E-state index contributed by atoms with van der Waals surface area (Å²) in [5, 5.41) is 8.02. The van der Waals surface area contributed by atoms with E-state index in [4.69, 9.17) is 0 Å². The van der Waals surface area contributed by atoms with E-state index < -0.39 is 0 Å². The Morgan fingerprint density at radius 1 is 1.40 bits per heavy atom. The van der Waals surface area contributed by atoms with Crippen LogP contribution in [0.25, 0.3) is 0 Å². The van der Waals surface area contributed by atoms with Gasteiger partial charge in [0.15, 0.2) is 0 Å². The third-order valence-electron chi connectivity index (χ3n) is 3.79. The van der Waals surface area contributed by atoms with Gasteiger partial charge < -0.3 is 10.2 Å². The highest BCUT2D eigenvalue weighted by molar-refractivity contribution is 5.78. The van der Waals surface area contributed by atoms with E-state index in [0.717, 1.165) is 31.7 Å². The molecule has 5 heteroatoms. The van der Waals surface area contributed by atoms with Crippen molar-refractivity contribution in [1.29, 1.82) is 0 Å². The summed E-state index contributed by atoms with van der Waals surface area (Å²) >= 11 is 0. The van der Waals surface area contributed by atoms with Crippen LogP contribution in [0.5, 0.6) is 0 Å². The predicted octanol–water partition coefficient (Wildman–Crippen LogP) is 1.64. The maximum Gasteiger partial charge on any atom is 0.222 e. The first-order chi connectivity index (χ1) is 9.47. The summed E-state index contributed by atoms with van der Waals surface area (Å²) < 4.78 is 1.88. The summed E-state index contributed by atoms with van der Waals surface area (Å²) in [5.74, 6) is 0.728. The lowest BCUT2D eigenvalue weighted by molar-refractivity contribution is -0.127. The third kappa shape index (κ3) is 3.60. The Balaban J connectivity index is 1.86. The predicted molar refractivity (Wildman–Crippen MR) is 79.4 cm³/mol. The molecule has 1 fully saturated rings. The van der Waals surface area contributed by atoms with Crippen LogP contribution in [0.2, 0.25) is 0 Å². The SMILES string of the molecule is CC(CN1CCCC1=O)NCc1cn(C)nc1C(C)C. The zero-order chi connectivity index (χ0) is 14.7. The van der Waals surface area contributed by atoms with Gasteiger partial charge in [0.2, 0.25) is 5.91 Å². The van der Waals surface area contributed by atoms with Crippen molar-refractivity contribution in [2.24, 2.45) is 7.05 Å². The Morgan fingerprint density at radius 3 is 2.75 bits per heavy atom. The fourth-order valence-corrected chi connectivity index (χ4v) is 2.75. The van der Waals surface area contributed by atoms with Gasteiger partial charge >= 0.3 is 0 Å². The maximum absolute atomic E-state index is 11.6. The Labute approximate surface area is 121 Å². The molecule has 0 aliphatic carbocycles. The van der Waals surface area contributed by atoms with Gasteiger partial charge in [-0.05, 0) is 19.3 Å². The fourth-order valence-electron chi connectivity index (χ4n) is 2.75. The highest BCUT2D eigenvalue weighted by atomic mass is 16.2. The molecule has 2 heterocycles. The minimum absolute atomic E-state index is 0.294. The number of rotatable bonds is 6. The van der Waals surface area contributed by atoms with Crippen LogP contribution in [-0.2, 0) is 18.4 Å². The van der Waals surface area contributed by atoms with Crippen molar-refractivity contribution in [2.75, 3.05) is 13.1 Å². The van der Waals surface area contributed by atoms with Crippen molar-refractivity contribution >= 4 is 5.91 Å². The molecule has 0 saturated carbocycles. The maximum atomic E-state index is 11.6. The van der Waals surface area contributed by atoms with Crippen LogP contribution in [-0.4, -0.2) is 39.7 Å². The van der Waals surface area contributed by atoms with E-state index in [0.29, 0.717) is 24.3 Å². The molecule has 1 N–H and O–H groups in total. The van der Waals surface area contributed by atoms with Crippen molar-refractivity contribution in [3.8, 4) is 0 Å². The van der Waals surface area contributed by atoms with E-state index in [1.807, 2.05) is 16.6 Å². The number of carbonyl (C=O) groups excluding carboxylic acids is 1. The van der Waals surface area contributed by atoms with Gasteiger partial charge in [-0.1, -0.05) is 13.8 Å². The molecular formula is C15H26N4O. The first kappa shape index (κ1) is 15.0. The summed E-state index contributed by atoms with van der Waals surface area (Å²) in [7, 11) is 1.96. The smallest absolute Gasteiger partial charge is 0.222 e. The quantitative estimate of drug-likeness (QED) is 0.860. The zero-order valence-corrected chi connectivity index (χ0v) is 13.0. The van der Waals surface area contributed by atoms with Crippen LogP contribution in [0.4, 0.5) is 0 Å². The van der Waals surface area contributed by atoms with Crippen LogP contribution < -0.4 is 5.32 Å². The molecule has 20 heavy (non-hydrogen) atoms. The molecule has 0 aromatic carbocycles. The van der Waals surface area contributed by atoms with Crippen LogP contribution in [0.1, 0.15) is 50.8 Å². The molecule has 0 bridgehead atoms. The van der Waals surface area contributed by atoms with E-state index in [-0.39, 0.29) is 0 Å². The first-order valence-corrected chi connectivity index (χ1v) is 7.51. The number of likely N-dealkylation sites (tertiary alicyclic amines) is 1. The minimum atomic E-state index is 0.294. The van der Waals surface area contributed by atoms with Gasteiger partial charge in [0, 0.05) is 50.9 Å². The molecule has 1 unspecified atom stereocenters. The standard InChI is InChI=1S/C15H26N4O/c1-11(2)15-13(10-18(4)17-15)8-16-12(3)9-19-7-5-6-14(19)20/h10-12,16H,5-9H2,1-4H3. The van der Waals surface area contributed by atoms with Gasteiger partial charge in [0.25, 0.3) is 0 Å². The number of carbonyl (C=O) groups is 1. The molecule has 1 aliphatic heterocycles. The summed E-state index contributed by atoms with van der Waals surface area (Å²) in [6.45, 7) is 8.99. The van der Waals surface area contributed by atoms with E-state index in [1.165, 1.54) is 5.56 Å². The van der Waals surface area contributed by atoms with Crippen molar-refractivity contribution < 1.29 is 4.79 Å². The topological polar surface area (TPSA) is 50.2 Å². The molecule has 5 nitrogen and oxygen atoms in total. The van der Waals surface area contributed by atoms with Gasteiger partial charge in [0.05, 0.1) is 5.69 Å². The molecule has 112 valence electrons. The monoisotopic (exact) mass is 278 g/mol. The average Bonchev–Trinajstić information content (AvgIpc) is 2.94. The average molecular weight is 278 g/mol. The van der Waals surface area contributed by atoms with E-state index in [2.05, 4.69) is 37.4 Å². The van der Waals surface area contributed by atoms with Gasteiger partial charge in [-0.3, -0.25) is 9.48 Å². The summed E-state index contributed by atoms with van der Waals surface area (Å²) in [6.07, 6.45) is 3.80. The van der Waals surface area contributed by atoms with Crippen LogP contribution in [0.15, 0.2) is 6.20 Å². The summed E-state index contributed by atoms with van der Waals surface area (Å²) in [5.41, 5.74) is 2.41. The molecule has 1 atom stereocenters. The van der Waals surface area contributed by atoms with Gasteiger partial charge in [-0.15, -0.1) is 0 Å². The Kier molecular flexibility index (Phi) is 4.81. The zero-order valence-electron chi connectivity index (χ0n) is 13.0. The lowest BCUT2D eigenvalue weighted by atomic mass is 10.1. The molecule has 0 spiro atoms. The fraction of sp³-hybridized carbons (Fsp3) is 0.733. The van der Waals surface area contributed by atoms with Crippen molar-refractivity contribution in [3.05, 3.63) is 17.5 Å². The number of nitrogens with zero attached hydrogens (tertiary/aromatic N) is 3. The van der Waals surface area contributed by atoms with Gasteiger partial charge in [-0.25, -0.2) is 0 Å². The lowest BCUT2D eigenvalue weighted by Gasteiger charge is -2.21. The second kappa shape index (κ2) is 6.39. The lowest BCUT2D eigenvalue weighted by Crippen LogP contribution is -2.39. The van der Waals surface area contributed by atoms with Crippen LogP contribution in [0, 0.1) is 0 Å². The highest BCUT2D eigenvalue weighted by Gasteiger charge is 2.21. The number of amides is 1. The second-order valence-corrected chi connectivity index (χ2v) is 6.09. The number of aryl methyl sites for hydroxylation is 1.